The molecule has 2 rings (SSSR count). The van der Waals surface area contributed by atoms with Gasteiger partial charge in [0.2, 0.25) is 5.91 Å². The van der Waals surface area contributed by atoms with Gasteiger partial charge in [0.05, 0.1) is 12.6 Å². The third-order valence-electron chi connectivity index (χ3n) is 3.49. The number of ether oxygens (including phenoxy) is 1. The number of nitrogen functional groups attached to an aromatic ring is 1. The molecule has 0 spiro atoms. The van der Waals surface area contributed by atoms with E-state index in [-0.39, 0.29) is 11.9 Å². The molecule has 0 aromatic heterocycles. The predicted molar refractivity (Wildman–Crippen MR) is 75.8 cm³/mol. The minimum atomic E-state index is 0.0584. The molecule has 0 fully saturated rings. The molecule has 104 valence electrons. The molecule has 0 bridgehead atoms. The number of hydrogen-bond acceptors (Lipinski definition) is 3. The Balaban J connectivity index is 1.97. The molecule has 1 aromatic rings. The third kappa shape index (κ3) is 3.70. The van der Waals surface area contributed by atoms with Gasteiger partial charge in [-0.1, -0.05) is 6.07 Å². The van der Waals surface area contributed by atoms with Crippen LogP contribution in [0.3, 0.4) is 0 Å². The third-order valence-corrected chi connectivity index (χ3v) is 3.49. The van der Waals surface area contributed by atoms with E-state index in [0.717, 1.165) is 24.9 Å². The predicted octanol–water partition coefficient (Wildman–Crippen LogP) is 2.19. The standard InChI is InChI=1S/C15H22N2O2/c1-2-19-9-8-15(18)17-14-5-3-4-11-10-12(16)6-7-13(11)14/h6-7,10,14H,2-5,8-9,16H2,1H3,(H,17,18). The van der Waals surface area contributed by atoms with Gasteiger partial charge in [-0.15, -0.1) is 0 Å². The van der Waals surface area contributed by atoms with E-state index >= 15 is 0 Å². The molecule has 4 nitrogen and oxygen atoms in total. The summed E-state index contributed by atoms with van der Waals surface area (Å²) in [5.74, 6) is 0.0584. The molecule has 1 amide bonds. The van der Waals surface area contributed by atoms with Crippen molar-refractivity contribution in [3.63, 3.8) is 0 Å². The average Bonchev–Trinajstić information content (AvgIpc) is 2.39. The molecular weight excluding hydrogens is 240 g/mol. The van der Waals surface area contributed by atoms with Gasteiger partial charge >= 0.3 is 0 Å². The minimum absolute atomic E-state index is 0.0584. The maximum atomic E-state index is 11.8. The Hall–Kier alpha value is -1.55. The Bertz CT molecular complexity index is 446. The van der Waals surface area contributed by atoms with Gasteiger partial charge in [0.25, 0.3) is 0 Å². The fraction of sp³-hybridized carbons (Fsp3) is 0.533. The summed E-state index contributed by atoms with van der Waals surface area (Å²) >= 11 is 0. The van der Waals surface area contributed by atoms with Crippen LogP contribution in [0.5, 0.6) is 0 Å². The highest BCUT2D eigenvalue weighted by molar-refractivity contribution is 5.76. The number of carbonyl (C=O) groups is 1. The Labute approximate surface area is 114 Å². The molecule has 1 unspecified atom stereocenters. The summed E-state index contributed by atoms with van der Waals surface area (Å²) in [4.78, 5) is 11.8. The van der Waals surface area contributed by atoms with E-state index in [9.17, 15) is 4.79 Å². The lowest BCUT2D eigenvalue weighted by Gasteiger charge is -2.26. The highest BCUT2D eigenvalue weighted by Crippen LogP contribution is 2.30. The van der Waals surface area contributed by atoms with Crippen LogP contribution < -0.4 is 11.1 Å². The monoisotopic (exact) mass is 262 g/mol. The number of fused-ring (bicyclic) bond motifs is 1. The maximum absolute atomic E-state index is 11.8. The van der Waals surface area contributed by atoms with E-state index in [0.29, 0.717) is 19.6 Å². The van der Waals surface area contributed by atoms with Gasteiger partial charge < -0.3 is 15.8 Å². The molecule has 4 heteroatoms. The lowest BCUT2D eigenvalue weighted by atomic mass is 9.87. The number of benzene rings is 1. The lowest BCUT2D eigenvalue weighted by Crippen LogP contribution is -2.31. The second-order valence-corrected chi connectivity index (χ2v) is 4.92. The van der Waals surface area contributed by atoms with Crippen molar-refractivity contribution in [2.45, 2.75) is 38.6 Å². The fourth-order valence-corrected chi connectivity index (χ4v) is 2.56. The van der Waals surface area contributed by atoms with Crippen LogP contribution >= 0.6 is 0 Å². The summed E-state index contributed by atoms with van der Waals surface area (Å²) in [7, 11) is 0. The zero-order chi connectivity index (χ0) is 13.7. The summed E-state index contributed by atoms with van der Waals surface area (Å²) in [5.41, 5.74) is 9.08. The van der Waals surface area contributed by atoms with Gasteiger partial charge in [-0.3, -0.25) is 4.79 Å². The first-order valence-corrected chi connectivity index (χ1v) is 6.96. The minimum Gasteiger partial charge on any atom is -0.399 e. The second kappa shape index (κ2) is 6.57. The number of aryl methyl sites for hydroxylation is 1. The molecule has 1 aromatic carbocycles. The van der Waals surface area contributed by atoms with Gasteiger partial charge in [-0.25, -0.2) is 0 Å². The van der Waals surface area contributed by atoms with Crippen LogP contribution in [0.15, 0.2) is 18.2 Å². The van der Waals surface area contributed by atoms with E-state index in [1.54, 1.807) is 0 Å². The molecule has 1 aliphatic rings. The molecule has 19 heavy (non-hydrogen) atoms. The number of nitrogens with two attached hydrogens (primary N) is 1. The van der Waals surface area contributed by atoms with Crippen LogP contribution in [-0.2, 0) is 16.0 Å². The van der Waals surface area contributed by atoms with E-state index in [2.05, 4.69) is 5.32 Å². The molecule has 1 aliphatic carbocycles. The molecule has 0 aliphatic heterocycles. The quantitative estimate of drug-likeness (QED) is 0.631. The Morgan fingerprint density at radius 1 is 1.53 bits per heavy atom. The summed E-state index contributed by atoms with van der Waals surface area (Å²) in [6, 6.07) is 6.09. The van der Waals surface area contributed by atoms with Gasteiger partial charge in [0.1, 0.15) is 0 Å². The van der Waals surface area contributed by atoms with Crippen molar-refractivity contribution in [1.29, 1.82) is 0 Å². The smallest absolute Gasteiger partial charge is 0.222 e. The van der Waals surface area contributed by atoms with Gasteiger partial charge in [0.15, 0.2) is 0 Å². The number of carbonyl (C=O) groups excluding carboxylic acids is 1. The number of rotatable bonds is 5. The topological polar surface area (TPSA) is 64.3 Å². The summed E-state index contributed by atoms with van der Waals surface area (Å²) < 4.78 is 5.20. The van der Waals surface area contributed by atoms with Crippen LogP contribution in [0.1, 0.15) is 43.4 Å². The fourth-order valence-electron chi connectivity index (χ4n) is 2.56. The van der Waals surface area contributed by atoms with Gasteiger partial charge in [0, 0.05) is 18.7 Å². The Morgan fingerprint density at radius 3 is 3.16 bits per heavy atom. The van der Waals surface area contributed by atoms with Crippen molar-refractivity contribution in [3.8, 4) is 0 Å². The highest BCUT2D eigenvalue weighted by atomic mass is 16.5. The van der Waals surface area contributed by atoms with Crippen molar-refractivity contribution in [2.75, 3.05) is 18.9 Å². The second-order valence-electron chi connectivity index (χ2n) is 4.92. The lowest BCUT2D eigenvalue weighted by molar-refractivity contribution is -0.123. The zero-order valence-corrected chi connectivity index (χ0v) is 11.4. The highest BCUT2D eigenvalue weighted by Gasteiger charge is 2.21. The average molecular weight is 262 g/mol. The van der Waals surface area contributed by atoms with Crippen LogP contribution in [0.2, 0.25) is 0 Å². The van der Waals surface area contributed by atoms with Crippen LogP contribution in [0.4, 0.5) is 5.69 Å². The zero-order valence-electron chi connectivity index (χ0n) is 11.4. The number of anilines is 1. The van der Waals surface area contributed by atoms with Gasteiger partial charge in [-0.2, -0.15) is 0 Å². The van der Waals surface area contributed by atoms with Crippen molar-refractivity contribution in [2.24, 2.45) is 0 Å². The number of hydrogen-bond donors (Lipinski definition) is 2. The van der Waals surface area contributed by atoms with Crippen molar-refractivity contribution >= 4 is 11.6 Å². The summed E-state index contributed by atoms with van der Waals surface area (Å²) in [6.45, 7) is 3.07. The SMILES string of the molecule is CCOCCC(=O)NC1CCCc2cc(N)ccc21. The van der Waals surface area contributed by atoms with Crippen LogP contribution in [0.25, 0.3) is 0 Å². The first kappa shape index (κ1) is 13.9. The normalized spacial score (nSPS) is 17.8. The van der Waals surface area contributed by atoms with E-state index in [1.807, 2.05) is 25.1 Å². The van der Waals surface area contributed by atoms with Crippen molar-refractivity contribution in [1.82, 2.24) is 5.32 Å². The Kier molecular flexibility index (Phi) is 4.80. The Morgan fingerprint density at radius 2 is 2.37 bits per heavy atom. The molecule has 0 heterocycles. The first-order chi connectivity index (χ1) is 9.20. The summed E-state index contributed by atoms with van der Waals surface area (Å²) in [6.07, 6.45) is 3.56. The van der Waals surface area contributed by atoms with Gasteiger partial charge in [-0.05, 0) is 49.4 Å². The van der Waals surface area contributed by atoms with E-state index < -0.39 is 0 Å². The first-order valence-electron chi connectivity index (χ1n) is 6.96. The summed E-state index contributed by atoms with van der Waals surface area (Å²) in [5, 5.41) is 3.09. The van der Waals surface area contributed by atoms with Crippen LogP contribution in [-0.4, -0.2) is 19.1 Å². The molecule has 0 saturated heterocycles. The van der Waals surface area contributed by atoms with E-state index in [4.69, 9.17) is 10.5 Å². The largest absolute Gasteiger partial charge is 0.399 e. The molecule has 0 radical (unpaired) electrons. The van der Waals surface area contributed by atoms with Crippen molar-refractivity contribution < 1.29 is 9.53 Å². The number of nitrogens with one attached hydrogen (secondary N) is 1. The molecule has 0 saturated carbocycles. The maximum Gasteiger partial charge on any atom is 0.222 e. The molecular formula is C15H22N2O2. The molecule has 3 N–H and O–H groups in total. The van der Waals surface area contributed by atoms with E-state index in [1.165, 1.54) is 11.1 Å². The molecule has 1 atom stereocenters. The number of amides is 1. The van der Waals surface area contributed by atoms with Crippen LogP contribution in [0, 0.1) is 0 Å². The van der Waals surface area contributed by atoms with Crippen molar-refractivity contribution in [3.05, 3.63) is 29.3 Å².